The van der Waals surface area contributed by atoms with Gasteiger partial charge in [-0.2, -0.15) is 0 Å². The van der Waals surface area contributed by atoms with E-state index in [0.29, 0.717) is 0 Å². The van der Waals surface area contributed by atoms with Crippen LogP contribution in [0.25, 0.3) is 0 Å². The van der Waals surface area contributed by atoms with Crippen LogP contribution in [0.15, 0.2) is 23.1 Å². The predicted molar refractivity (Wildman–Crippen MR) is 77.4 cm³/mol. The van der Waals surface area contributed by atoms with Crippen molar-refractivity contribution in [3.05, 3.63) is 18.2 Å². The molecule has 0 fully saturated rings. The number of hydrogen-bond acceptors (Lipinski definition) is 4. The molecule has 18 heavy (non-hydrogen) atoms. The lowest BCUT2D eigenvalue weighted by molar-refractivity contribution is -0.115. The molecule has 2 N–H and O–H groups in total. The van der Waals surface area contributed by atoms with Crippen LogP contribution in [0, 0.1) is 0 Å². The molecule has 0 radical (unpaired) electrons. The highest BCUT2D eigenvalue weighted by Gasteiger charge is 2.22. The minimum Gasteiger partial charge on any atom is -0.384 e. The lowest BCUT2D eigenvalue weighted by Gasteiger charge is -2.22. The predicted octanol–water partition coefficient (Wildman–Crippen LogP) is 2.09. The maximum Gasteiger partial charge on any atom is 0.237 e. The molecule has 0 saturated heterocycles. The fourth-order valence-corrected chi connectivity index (χ4v) is 2.67. The second-order valence-corrected chi connectivity index (χ2v) is 6.07. The molecule has 1 amide bonds. The van der Waals surface area contributed by atoms with Gasteiger partial charge in [-0.25, -0.2) is 0 Å². The minimum absolute atomic E-state index is 0.00921. The van der Waals surface area contributed by atoms with Gasteiger partial charge >= 0.3 is 0 Å². The van der Waals surface area contributed by atoms with Crippen LogP contribution < -0.4 is 10.6 Å². The first-order valence-corrected chi connectivity index (χ1v) is 6.94. The van der Waals surface area contributed by atoms with Crippen molar-refractivity contribution in [2.45, 2.75) is 17.1 Å². The average Bonchev–Trinajstić information content (AvgIpc) is 2.30. The van der Waals surface area contributed by atoms with Crippen LogP contribution in [-0.4, -0.2) is 43.2 Å². The molecular formula is C13H19N3OS. The van der Waals surface area contributed by atoms with Crippen molar-refractivity contribution in [3.8, 4) is 0 Å². The van der Waals surface area contributed by atoms with Gasteiger partial charge in [0, 0.05) is 23.7 Å². The molecule has 1 atom stereocenters. The number of thioether (sulfide) groups is 1. The van der Waals surface area contributed by atoms with Gasteiger partial charge in [-0.1, -0.05) is 0 Å². The van der Waals surface area contributed by atoms with Gasteiger partial charge in [0.2, 0.25) is 5.91 Å². The number of carbonyl (C=O) groups excluding carboxylic acids is 1. The summed E-state index contributed by atoms with van der Waals surface area (Å²) < 4.78 is 0. The standard InChI is InChI=1S/C13H19N3OS/c1-9-13(17)15-11-8-10(4-5-12(11)18-9)14-6-7-16(2)3/h4-5,8-9,14H,6-7H2,1-3H3,(H,15,17). The smallest absolute Gasteiger partial charge is 0.237 e. The van der Waals surface area contributed by atoms with E-state index in [1.165, 1.54) is 0 Å². The molecule has 1 aromatic rings. The molecule has 1 aliphatic rings. The zero-order valence-electron chi connectivity index (χ0n) is 11.0. The third-order valence-electron chi connectivity index (χ3n) is 2.80. The van der Waals surface area contributed by atoms with Crippen LogP contribution in [-0.2, 0) is 4.79 Å². The van der Waals surface area contributed by atoms with E-state index in [2.05, 4.69) is 27.7 Å². The largest absolute Gasteiger partial charge is 0.384 e. The number of nitrogens with one attached hydrogen (secondary N) is 2. The number of fused-ring (bicyclic) bond motifs is 1. The summed E-state index contributed by atoms with van der Waals surface area (Å²) in [4.78, 5) is 14.9. The van der Waals surface area contributed by atoms with Gasteiger partial charge in [0.15, 0.2) is 0 Å². The van der Waals surface area contributed by atoms with Crippen LogP contribution >= 0.6 is 11.8 Å². The first-order valence-electron chi connectivity index (χ1n) is 6.06. The second kappa shape index (κ2) is 5.63. The Kier molecular flexibility index (Phi) is 4.14. The fraction of sp³-hybridized carbons (Fsp3) is 0.462. The highest BCUT2D eigenvalue weighted by atomic mass is 32.2. The highest BCUT2D eigenvalue weighted by Crippen LogP contribution is 2.36. The van der Waals surface area contributed by atoms with E-state index in [1.54, 1.807) is 11.8 Å². The van der Waals surface area contributed by atoms with Crippen molar-refractivity contribution < 1.29 is 4.79 Å². The number of anilines is 2. The molecule has 1 aromatic carbocycles. The van der Waals surface area contributed by atoms with E-state index in [-0.39, 0.29) is 11.2 Å². The zero-order chi connectivity index (χ0) is 13.1. The maximum absolute atomic E-state index is 11.6. The summed E-state index contributed by atoms with van der Waals surface area (Å²) in [5.41, 5.74) is 1.96. The van der Waals surface area contributed by atoms with Crippen LogP contribution in [0.2, 0.25) is 0 Å². The van der Waals surface area contributed by atoms with Gasteiger partial charge in [0.05, 0.1) is 10.9 Å². The van der Waals surface area contributed by atoms with Gasteiger partial charge in [-0.15, -0.1) is 11.8 Å². The Morgan fingerprint density at radius 3 is 2.94 bits per heavy atom. The Morgan fingerprint density at radius 1 is 1.44 bits per heavy atom. The van der Waals surface area contributed by atoms with Gasteiger partial charge in [0.1, 0.15) is 0 Å². The molecule has 0 bridgehead atoms. The summed E-state index contributed by atoms with van der Waals surface area (Å²) in [5, 5.41) is 6.28. The number of carbonyl (C=O) groups is 1. The lowest BCUT2D eigenvalue weighted by Crippen LogP contribution is -2.26. The Bertz CT molecular complexity index is 448. The van der Waals surface area contributed by atoms with Gasteiger partial charge in [-0.3, -0.25) is 4.79 Å². The number of rotatable bonds is 4. The second-order valence-electron chi connectivity index (χ2n) is 4.69. The Balaban J connectivity index is 2.03. The van der Waals surface area contributed by atoms with Crippen LogP contribution in [0.1, 0.15) is 6.92 Å². The fourth-order valence-electron chi connectivity index (χ4n) is 1.74. The lowest BCUT2D eigenvalue weighted by atomic mass is 10.2. The molecule has 0 aromatic heterocycles. The van der Waals surface area contributed by atoms with E-state index in [1.807, 2.05) is 27.1 Å². The maximum atomic E-state index is 11.6. The van der Waals surface area contributed by atoms with Crippen molar-refractivity contribution in [2.24, 2.45) is 0 Å². The molecular weight excluding hydrogens is 246 g/mol. The van der Waals surface area contributed by atoms with E-state index < -0.39 is 0 Å². The Morgan fingerprint density at radius 2 is 2.22 bits per heavy atom. The monoisotopic (exact) mass is 265 g/mol. The van der Waals surface area contributed by atoms with E-state index in [0.717, 1.165) is 29.4 Å². The van der Waals surface area contributed by atoms with Crippen molar-refractivity contribution >= 4 is 29.0 Å². The minimum atomic E-state index is -0.00921. The average molecular weight is 265 g/mol. The van der Waals surface area contributed by atoms with Gasteiger partial charge < -0.3 is 15.5 Å². The molecule has 2 rings (SSSR count). The molecule has 4 nitrogen and oxygen atoms in total. The number of likely N-dealkylation sites (N-methyl/N-ethyl adjacent to an activating group) is 1. The van der Waals surface area contributed by atoms with Crippen LogP contribution in [0.5, 0.6) is 0 Å². The number of amides is 1. The normalized spacial score (nSPS) is 18.4. The van der Waals surface area contributed by atoms with E-state index >= 15 is 0 Å². The summed E-state index contributed by atoms with van der Waals surface area (Å²) in [6.45, 7) is 3.80. The first-order chi connectivity index (χ1) is 8.56. The molecule has 1 heterocycles. The first kappa shape index (κ1) is 13.2. The number of hydrogen-bond donors (Lipinski definition) is 2. The number of benzene rings is 1. The van der Waals surface area contributed by atoms with Crippen molar-refractivity contribution in [1.82, 2.24) is 4.90 Å². The third-order valence-corrected chi connectivity index (χ3v) is 3.98. The summed E-state index contributed by atoms with van der Waals surface area (Å²) in [5.74, 6) is 0.0814. The van der Waals surface area contributed by atoms with Crippen LogP contribution in [0.4, 0.5) is 11.4 Å². The highest BCUT2D eigenvalue weighted by molar-refractivity contribution is 8.00. The molecule has 0 saturated carbocycles. The topological polar surface area (TPSA) is 44.4 Å². The summed E-state index contributed by atoms with van der Waals surface area (Å²) in [7, 11) is 4.10. The third kappa shape index (κ3) is 3.17. The molecule has 1 unspecified atom stereocenters. The van der Waals surface area contributed by atoms with Crippen molar-refractivity contribution in [1.29, 1.82) is 0 Å². The summed E-state index contributed by atoms with van der Waals surface area (Å²) in [6.07, 6.45) is 0. The molecule has 5 heteroatoms. The Labute approximate surface area is 112 Å². The van der Waals surface area contributed by atoms with Crippen molar-refractivity contribution in [2.75, 3.05) is 37.8 Å². The zero-order valence-corrected chi connectivity index (χ0v) is 11.8. The van der Waals surface area contributed by atoms with E-state index in [4.69, 9.17) is 0 Å². The van der Waals surface area contributed by atoms with Gasteiger partial charge in [0.25, 0.3) is 0 Å². The van der Waals surface area contributed by atoms with E-state index in [9.17, 15) is 4.79 Å². The summed E-state index contributed by atoms with van der Waals surface area (Å²) >= 11 is 1.61. The molecule has 1 aliphatic heterocycles. The van der Waals surface area contributed by atoms with Crippen LogP contribution in [0.3, 0.4) is 0 Å². The van der Waals surface area contributed by atoms with Crippen molar-refractivity contribution in [3.63, 3.8) is 0 Å². The molecule has 0 spiro atoms. The molecule has 98 valence electrons. The summed E-state index contributed by atoms with van der Waals surface area (Å²) in [6, 6.07) is 6.13. The number of nitrogens with zero attached hydrogens (tertiary/aromatic N) is 1. The Hall–Kier alpha value is -1.20. The van der Waals surface area contributed by atoms with Gasteiger partial charge in [-0.05, 0) is 39.2 Å². The SMILES string of the molecule is CC1Sc2ccc(NCCN(C)C)cc2NC1=O. The quantitative estimate of drug-likeness (QED) is 0.875. The molecule has 0 aliphatic carbocycles.